The number of alkyl halides is 3. The maximum absolute atomic E-state index is 12.9. The van der Waals surface area contributed by atoms with Gasteiger partial charge < -0.3 is 16.0 Å². The minimum Gasteiger partial charge on any atom is -0.369 e. The van der Waals surface area contributed by atoms with Crippen molar-refractivity contribution in [3.05, 3.63) is 29.3 Å². The molecule has 1 aliphatic rings. The molecule has 1 saturated heterocycles. The lowest BCUT2D eigenvalue weighted by Gasteiger charge is -2.36. The molecule has 0 unspecified atom stereocenters. The number of hydrogen-bond donors (Lipinski definition) is 2. The molecule has 5 nitrogen and oxygen atoms in total. The van der Waals surface area contributed by atoms with Gasteiger partial charge in [-0.05, 0) is 44.4 Å². The topological polar surface area (TPSA) is 75.4 Å². The zero-order valence-electron chi connectivity index (χ0n) is 13.5. The predicted molar refractivity (Wildman–Crippen MR) is 83.3 cm³/mol. The lowest BCUT2D eigenvalue weighted by Crippen LogP contribution is -2.50. The predicted octanol–water partition coefficient (Wildman–Crippen LogP) is 3.13. The maximum Gasteiger partial charge on any atom is 0.416 e. The highest BCUT2D eigenvalue weighted by molar-refractivity contribution is 5.91. The second kappa shape index (κ2) is 6.70. The number of nitrogens with two attached hydrogens (primary N) is 1. The van der Waals surface area contributed by atoms with Crippen LogP contribution in [-0.4, -0.2) is 29.4 Å². The van der Waals surface area contributed by atoms with Crippen LogP contribution in [0.3, 0.4) is 0 Å². The molecule has 2 rings (SSSR count). The minimum atomic E-state index is -4.49. The summed E-state index contributed by atoms with van der Waals surface area (Å²) < 4.78 is 38.8. The van der Waals surface area contributed by atoms with Crippen LogP contribution in [0, 0.1) is 12.8 Å². The van der Waals surface area contributed by atoms with E-state index in [0.717, 1.165) is 6.07 Å². The third-order valence-electron chi connectivity index (χ3n) is 4.43. The highest BCUT2D eigenvalue weighted by Gasteiger charge is 2.34. The molecule has 24 heavy (non-hydrogen) atoms. The minimum absolute atomic E-state index is 0.0468. The van der Waals surface area contributed by atoms with Gasteiger partial charge in [-0.2, -0.15) is 13.2 Å². The van der Waals surface area contributed by atoms with E-state index in [4.69, 9.17) is 5.73 Å². The number of primary amides is 1. The largest absolute Gasteiger partial charge is 0.416 e. The number of carbonyl (C=O) groups excluding carboxylic acids is 2. The summed E-state index contributed by atoms with van der Waals surface area (Å²) in [4.78, 5) is 25.2. The Morgan fingerprint density at radius 2 is 1.96 bits per heavy atom. The third kappa shape index (κ3) is 3.80. The normalized spacial score (nSPS) is 21.5. The first-order valence-electron chi connectivity index (χ1n) is 7.65. The van der Waals surface area contributed by atoms with Gasteiger partial charge in [0.05, 0.1) is 11.5 Å². The van der Waals surface area contributed by atoms with Crippen molar-refractivity contribution in [2.45, 2.75) is 38.9 Å². The molecule has 1 fully saturated rings. The fourth-order valence-corrected chi connectivity index (χ4v) is 2.89. The quantitative estimate of drug-likeness (QED) is 0.866. The summed E-state index contributed by atoms with van der Waals surface area (Å²) in [5, 5.41) is 2.52. The van der Waals surface area contributed by atoms with Crippen molar-refractivity contribution in [1.29, 1.82) is 0 Å². The van der Waals surface area contributed by atoms with Gasteiger partial charge in [0, 0.05) is 18.3 Å². The van der Waals surface area contributed by atoms with E-state index >= 15 is 0 Å². The Labute approximate surface area is 138 Å². The molecular formula is C16H20F3N3O2. The third-order valence-corrected chi connectivity index (χ3v) is 4.43. The van der Waals surface area contributed by atoms with Crippen LogP contribution in [0.4, 0.5) is 23.7 Å². The van der Waals surface area contributed by atoms with Crippen molar-refractivity contribution in [1.82, 2.24) is 4.90 Å². The summed E-state index contributed by atoms with van der Waals surface area (Å²) in [5.41, 5.74) is 4.56. The van der Waals surface area contributed by atoms with Crippen LogP contribution in [0.25, 0.3) is 0 Å². The molecule has 0 saturated carbocycles. The second-order valence-corrected chi connectivity index (χ2v) is 6.08. The number of urea groups is 1. The standard InChI is InChI=1S/C16H20F3N3O2/c1-9-6-7-11(14(20)23)8-22(9)15(24)21-13-5-3-4-12(10(13)2)16(17,18)19/h3-5,9,11H,6-8H2,1-2H3,(H2,20,23)(H,21,24)/t9-,11-/m1/s1. The molecule has 2 atom stereocenters. The van der Waals surface area contributed by atoms with Crippen LogP contribution < -0.4 is 11.1 Å². The summed E-state index contributed by atoms with van der Waals surface area (Å²) in [5.74, 6) is -0.912. The van der Waals surface area contributed by atoms with Crippen LogP contribution in [-0.2, 0) is 11.0 Å². The summed E-state index contributed by atoms with van der Waals surface area (Å²) in [6.45, 7) is 3.31. The number of nitrogens with one attached hydrogen (secondary N) is 1. The van der Waals surface area contributed by atoms with Gasteiger partial charge in [0.15, 0.2) is 0 Å². The zero-order valence-corrected chi connectivity index (χ0v) is 13.5. The molecule has 1 heterocycles. The zero-order chi connectivity index (χ0) is 18.1. The molecule has 0 aromatic heterocycles. The Hall–Kier alpha value is -2.25. The first-order valence-corrected chi connectivity index (χ1v) is 7.65. The summed E-state index contributed by atoms with van der Waals surface area (Å²) in [6, 6.07) is 2.99. The van der Waals surface area contributed by atoms with E-state index < -0.39 is 29.6 Å². The molecule has 132 valence electrons. The number of halogens is 3. The number of benzene rings is 1. The van der Waals surface area contributed by atoms with Crippen molar-refractivity contribution in [2.75, 3.05) is 11.9 Å². The monoisotopic (exact) mass is 343 g/mol. The van der Waals surface area contributed by atoms with Crippen LogP contribution in [0.1, 0.15) is 30.9 Å². The van der Waals surface area contributed by atoms with E-state index in [1.54, 1.807) is 0 Å². The van der Waals surface area contributed by atoms with Crippen LogP contribution in [0.15, 0.2) is 18.2 Å². The van der Waals surface area contributed by atoms with E-state index in [2.05, 4.69) is 5.32 Å². The number of carbonyl (C=O) groups is 2. The Morgan fingerprint density at radius 3 is 2.54 bits per heavy atom. The van der Waals surface area contributed by atoms with Gasteiger partial charge >= 0.3 is 12.2 Å². The Bertz CT molecular complexity index is 646. The van der Waals surface area contributed by atoms with Gasteiger partial charge in [0.2, 0.25) is 5.91 Å². The van der Waals surface area contributed by atoms with Gasteiger partial charge in [-0.1, -0.05) is 6.07 Å². The smallest absolute Gasteiger partial charge is 0.369 e. The number of hydrogen-bond acceptors (Lipinski definition) is 2. The molecule has 0 bridgehead atoms. The molecule has 0 radical (unpaired) electrons. The van der Waals surface area contributed by atoms with Crippen molar-refractivity contribution in [2.24, 2.45) is 11.7 Å². The van der Waals surface area contributed by atoms with Gasteiger partial charge in [0.25, 0.3) is 0 Å². The van der Waals surface area contributed by atoms with Crippen LogP contribution in [0.2, 0.25) is 0 Å². The molecule has 0 aliphatic carbocycles. The van der Waals surface area contributed by atoms with Crippen LogP contribution >= 0.6 is 0 Å². The van der Waals surface area contributed by atoms with Gasteiger partial charge in [-0.15, -0.1) is 0 Å². The molecule has 1 aliphatic heterocycles. The maximum atomic E-state index is 12.9. The summed E-state index contributed by atoms with van der Waals surface area (Å²) in [7, 11) is 0. The van der Waals surface area contributed by atoms with Crippen molar-refractivity contribution in [3.8, 4) is 0 Å². The van der Waals surface area contributed by atoms with Crippen molar-refractivity contribution >= 4 is 17.6 Å². The number of amides is 3. The van der Waals surface area contributed by atoms with Crippen LogP contribution in [0.5, 0.6) is 0 Å². The number of anilines is 1. The molecule has 0 spiro atoms. The molecule has 8 heteroatoms. The average Bonchev–Trinajstić information content (AvgIpc) is 2.48. The molecular weight excluding hydrogens is 323 g/mol. The van der Waals surface area contributed by atoms with E-state index in [0.29, 0.717) is 12.8 Å². The number of likely N-dealkylation sites (tertiary alicyclic amines) is 1. The lowest BCUT2D eigenvalue weighted by molar-refractivity contribution is -0.138. The number of piperidine rings is 1. The summed E-state index contributed by atoms with van der Waals surface area (Å²) in [6.07, 6.45) is -3.27. The first kappa shape index (κ1) is 18.1. The second-order valence-electron chi connectivity index (χ2n) is 6.08. The highest BCUT2D eigenvalue weighted by Crippen LogP contribution is 2.34. The molecule has 3 amide bonds. The number of rotatable bonds is 2. The van der Waals surface area contributed by atoms with E-state index in [1.807, 2.05) is 6.92 Å². The van der Waals surface area contributed by atoms with Gasteiger partial charge in [-0.3, -0.25) is 4.79 Å². The Morgan fingerprint density at radius 1 is 1.29 bits per heavy atom. The Balaban J connectivity index is 2.19. The van der Waals surface area contributed by atoms with E-state index in [-0.39, 0.29) is 23.8 Å². The molecule has 3 N–H and O–H groups in total. The number of nitrogens with zero attached hydrogens (tertiary/aromatic N) is 1. The fourth-order valence-electron chi connectivity index (χ4n) is 2.89. The SMILES string of the molecule is Cc1c(NC(=O)N2C[C@H](C(N)=O)CC[C@H]2C)cccc1C(F)(F)F. The average molecular weight is 343 g/mol. The van der Waals surface area contributed by atoms with Crippen molar-refractivity contribution < 1.29 is 22.8 Å². The van der Waals surface area contributed by atoms with Crippen molar-refractivity contribution in [3.63, 3.8) is 0 Å². The van der Waals surface area contributed by atoms with E-state index in [9.17, 15) is 22.8 Å². The Kier molecular flexibility index (Phi) is 5.05. The molecule has 1 aromatic rings. The van der Waals surface area contributed by atoms with Gasteiger partial charge in [-0.25, -0.2) is 4.79 Å². The fraction of sp³-hybridized carbons (Fsp3) is 0.500. The van der Waals surface area contributed by atoms with Gasteiger partial charge in [0.1, 0.15) is 0 Å². The highest BCUT2D eigenvalue weighted by atomic mass is 19.4. The van der Waals surface area contributed by atoms with E-state index in [1.165, 1.54) is 24.0 Å². The first-order chi connectivity index (χ1) is 11.1. The lowest BCUT2D eigenvalue weighted by atomic mass is 9.93. The summed E-state index contributed by atoms with van der Waals surface area (Å²) >= 11 is 0. The molecule has 1 aromatic carbocycles.